The van der Waals surface area contributed by atoms with E-state index in [1.807, 2.05) is 0 Å². The molecule has 0 saturated carbocycles. The molecule has 2 aromatic heterocycles. The van der Waals surface area contributed by atoms with Gasteiger partial charge in [-0.1, -0.05) is 11.3 Å². The molecule has 3 aromatic rings. The molecule has 0 amide bonds. The van der Waals surface area contributed by atoms with Crippen LogP contribution in [0.4, 0.5) is 0 Å². The molecular formula is C17H16N4S. The van der Waals surface area contributed by atoms with E-state index < -0.39 is 0 Å². The number of rotatable bonds is 2. The van der Waals surface area contributed by atoms with Gasteiger partial charge < -0.3 is 0 Å². The number of nitrogens with zero attached hydrogens (tertiary/aromatic N) is 4. The normalized spacial score (nSPS) is 32.7. The quantitative estimate of drug-likeness (QED) is 0.727. The van der Waals surface area contributed by atoms with Gasteiger partial charge in [0, 0.05) is 35.2 Å². The Kier molecular flexibility index (Phi) is 2.03. The van der Waals surface area contributed by atoms with Crippen LogP contribution in [0.1, 0.15) is 25.7 Å². The first-order chi connectivity index (χ1) is 10.8. The first-order valence-corrected chi connectivity index (χ1v) is 8.90. The van der Waals surface area contributed by atoms with E-state index in [2.05, 4.69) is 55.7 Å². The molecule has 22 heavy (non-hydrogen) atoms. The van der Waals surface area contributed by atoms with Crippen molar-refractivity contribution in [3.63, 3.8) is 0 Å². The largest absolute Gasteiger partial charge is 0.273 e. The van der Waals surface area contributed by atoms with Crippen LogP contribution < -0.4 is 0 Å². The summed E-state index contributed by atoms with van der Waals surface area (Å²) in [5.41, 5.74) is 2.33. The van der Waals surface area contributed by atoms with Crippen molar-refractivity contribution in [1.29, 1.82) is 0 Å². The Morgan fingerprint density at radius 2 is 2.00 bits per heavy atom. The molecule has 5 heterocycles. The number of hydrogen-bond acceptors (Lipinski definition) is 4. The minimum Gasteiger partial charge on any atom is -0.273 e. The molecule has 5 heteroatoms. The molecule has 3 saturated heterocycles. The fourth-order valence-electron chi connectivity index (χ4n) is 4.90. The summed E-state index contributed by atoms with van der Waals surface area (Å²) in [4.78, 5) is 2.67. The number of hydrogen-bond donors (Lipinski definition) is 0. The van der Waals surface area contributed by atoms with Crippen molar-refractivity contribution >= 4 is 21.4 Å². The lowest BCUT2D eigenvalue weighted by molar-refractivity contribution is -0.225. The third kappa shape index (κ3) is 1.28. The maximum atomic E-state index is 4.48. The molecule has 0 aliphatic carbocycles. The maximum absolute atomic E-state index is 4.48. The zero-order chi connectivity index (χ0) is 14.3. The lowest BCUT2D eigenvalue weighted by Crippen LogP contribution is -2.75. The highest BCUT2D eigenvalue weighted by atomic mass is 32.1. The first-order valence-electron chi connectivity index (χ1n) is 8.02. The molecule has 1 aromatic carbocycles. The van der Waals surface area contributed by atoms with Gasteiger partial charge in [0.25, 0.3) is 0 Å². The minimum atomic E-state index is 0.170. The second kappa shape index (κ2) is 3.78. The van der Waals surface area contributed by atoms with E-state index in [0.717, 1.165) is 17.8 Å². The van der Waals surface area contributed by atoms with Gasteiger partial charge in [0.2, 0.25) is 0 Å². The van der Waals surface area contributed by atoms with Crippen molar-refractivity contribution < 1.29 is 0 Å². The number of benzene rings is 1. The topological polar surface area (TPSA) is 34.0 Å². The summed E-state index contributed by atoms with van der Waals surface area (Å²) in [5.74, 6) is 0. The highest BCUT2D eigenvalue weighted by Gasteiger charge is 2.67. The van der Waals surface area contributed by atoms with Crippen LogP contribution in [-0.2, 0) is 5.66 Å². The molecule has 110 valence electrons. The molecule has 0 bridgehead atoms. The highest BCUT2D eigenvalue weighted by molar-refractivity contribution is 7.17. The van der Waals surface area contributed by atoms with E-state index in [4.69, 9.17) is 0 Å². The van der Waals surface area contributed by atoms with E-state index >= 15 is 0 Å². The van der Waals surface area contributed by atoms with Gasteiger partial charge in [-0.05, 0) is 41.8 Å². The molecule has 0 radical (unpaired) electrons. The van der Waals surface area contributed by atoms with Crippen molar-refractivity contribution in [2.75, 3.05) is 0 Å². The fraction of sp³-hybridized carbons (Fsp3) is 0.412. The van der Waals surface area contributed by atoms with E-state index in [-0.39, 0.29) is 5.66 Å². The zero-order valence-electron chi connectivity index (χ0n) is 12.1. The van der Waals surface area contributed by atoms with Crippen LogP contribution in [0, 0.1) is 0 Å². The van der Waals surface area contributed by atoms with E-state index in [0.29, 0.717) is 0 Å². The zero-order valence-corrected chi connectivity index (χ0v) is 13.0. The first kappa shape index (κ1) is 11.8. The molecule has 3 fully saturated rings. The van der Waals surface area contributed by atoms with Crippen LogP contribution in [0.5, 0.6) is 0 Å². The Bertz CT molecular complexity index is 881. The summed E-state index contributed by atoms with van der Waals surface area (Å²) in [6.45, 7) is 0. The molecule has 3 aliphatic heterocycles. The van der Waals surface area contributed by atoms with Gasteiger partial charge in [-0.2, -0.15) is 0 Å². The average Bonchev–Trinajstić information content (AvgIpc) is 3.18. The van der Waals surface area contributed by atoms with Gasteiger partial charge in [-0.15, -0.1) is 16.4 Å². The monoisotopic (exact) mass is 308 g/mol. The molecule has 0 N–H and O–H groups in total. The van der Waals surface area contributed by atoms with Crippen molar-refractivity contribution in [1.82, 2.24) is 19.9 Å². The fourth-order valence-corrected chi connectivity index (χ4v) is 5.67. The van der Waals surface area contributed by atoms with Crippen molar-refractivity contribution in [3.05, 3.63) is 35.8 Å². The van der Waals surface area contributed by atoms with Gasteiger partial charge in [-0.25, -0.2) is 4.68 Å². The predicted molar refractivity (Wildman–Crippen MR) is 86.7 cm³/mol. The molecule has 4 nitrogen and oxygen atoms in total. The Labute approximate surface area is 132 Å². The average molecular weight is 308 g/mol. The number of piperidine rings is 1. The van der Waals surface area contributed by atoms with E-state index in [9.17, 15) is 0 Å². The van der Waals surface area contributed by atoms with Gasteiger partial charge in [-0.3, -0.25) is 4.90 Å². The Morgan fingerprint density at radius 3 is 2.86 bits per heavy atom. The SMILES string of the molecule is c1cc2cc(-c3cn(C45C[C@H]6CC[C@@H](C4)N65)nn3)ccc2s1. The predicted octanol–water partition coefficient (Wildman–Crippen LogP) is 3.45. The van der Waals surface area contributed by atoms with Crippen LogP contribution in [0.25, 0.3) is 21.3 Å². The molecule has 3 aliphatic rings. The van der Waals surface area contributed by atoms with Gasteiger partial charge >= 0.3 is 0 Å². The minimum absolute atomic E-state index is 0.170. The smallest absolute Gasteiger partial charge is 0.120 e. The Morgan fingerprint density at radius 1 is 1.14 bits per heavy atom. The number of aromatic nitrogens is 3. The number of thiophene rings is 1. The second-order valence-electron chi connectivity index (χ2n) is 6.90. The summed E-state index contributed by atoms with van der Waals surface area (Å²) >= 11 is 1.78. The third-order valence-electron chi connectivity index (χ3n) is 5.89. The lowest BCUT2D eigenvalue weighted by atomic mass is 9.75. The van der Waals surface area contributed by atoms with Crippen LogP contribution in [-0.4, -0.2) is 32.0 Å². The van der Waals surface area contributed by atoms with Crippen molar-refractivity contribution in [3.8, 4) is 11.3 Å². The van der Waals surface area contributed by atoms with Crippen LogP contribution in [0.2, 0.25) is 0 Å². The van der Waals surface area contributed by atoms with Gasteiger partial charge in [0.05, 0.1) is 6.20 Å². The van der Waals surface area contributed by atoms with Crippen LogP contribution in [0.3, 0.4) is 0 Å². The molecule has 0 spiro atoms. The van der Waals surface area contributed by atoms with E-state index in [1.54, 1.807) is 11.3 Å². The summed E-state index contributed by atoms with van der Waals surface area (Å²) in [5, 5.41) is 12.4. The Hall–Kier alpha value is -1.72. The van der Waals surface area contributed by atoms with Crippen molar-refractivity contribution in [2.45, 2.75) is 43.4 Å². The lowest BCUT2D eigenvalue weighted by Gasteiger charge is -2.65. The summed E-state index contributed by atoms with van der Waals surface area (Å²) in [7, 11) is 0. The molecule has 3 atom stereocenters. The van der Waals surface area contributed by atoms with Crippen molar-refractivity contribution in [2.24, 2.45) is 0 Å². The molecule has 6 rings (SSSR count). The van der Waals surface area contributed by atoms with Gasteiger partial charge in [0.15, 0.2) is 0 Å². The summed E-state index contributed by atoms with van der Waals surface area (Å²) in [6, 6.07) is 10.4. The molecule has 1 unspecified atom stereocenters. The van der Waals surface area contributed by atoms with E-state index in [1.165, 1.54) is 41.3 Å². The third-order valence-corrected chi connectivity index (χ3v) is 6.79. The summed E-state index contributed by atoms with van der Waals surface area (Å²) < 4.78 is 3.47. The highest BCUT2D eigenvalue weighted by Crippen LogP contribution is 2.60. The van der Waals surface area contributed by atoms with Gasteiger partial charge in [0.1, 0.15) is 11.4 Å². The number of fused-ring (bicyclic) bond motifs is 1. The standard InChI is InChI=1S/C17H16N4S/c1-4-16-12(5-6-22-16)7-11(1)15-10-20(19-18-15)17-8-13-2-3-14(9-17)21(13)17/h1,4-7,10,13-14H,2-3,8-9H2/t13-,14+,17?. The second-order valence-corrected chi connectivity index (χ2v) is 7.85. The van der Waals surface area contributed by atoms with Crippen LogP contribution in [0.15, 0.2) is 35.8 Å². The molecular weight excluding hydrogens is 292 g/mol. The Balaban J connectivity index is 1.39. The summed E-state index contributed by atoms with van der Waals surface area (Å²) in [6.07, 6.45) is 7.43. The van der Waals surface area contributed by atoms with Crippen LogP contribution >= 0.6 is 11.3 Å². The maximum Gasteiger partial charge on any atom is 0.120 e.